The van der Waals surface area contributed by atoms with Crippen LogP contribution in [0.3, 0.4) is 0 Å². The second-order valence-corrected chi connectivity index (χ2v) is 7.92. The highest BCUT2D eigenvalue weighted by atomic mass is 32.2. The van der Waals surface area contributed by atoms with Crippen molar-refractivity contribution < 1.29 is 17.9 Å². The Bertz CT molecular complexity index is 873. The molecule has 3 N–H and O–H groups in total. The maximum atomic E-state index is 12.2. The van der Waals surface area contributed by atoms with Gasteiger partial charge in [-0.1, -0.05) is 30.3 Å². The van der Waals surface area contributed by atoms with E-state index in [2.05, 4.69) is 5.32 Å². The van der Waals surface area contributed by atoms with Crippen molar-refractivity contribution in [1.82, 2.24) is 5.32 Å². The summed E-state index contributed by atoms with van der Waals surface area (Å²) < 4.78 is 28.8. The monoisotopic (exact) mass is 374 g/mol. The van der Waals surface area contributed by atoms with Crippen LogP contribution in [0.25, 0.3) is 11.1 Å². The van der Waals surface area contributed by atoms with E-state index in [1.54, 1.807) is 42.5 Å². The van der Waals surface area contributed by atoms with Gasteiger partial charge in [0, 0.05) is 30.9 Å². The molecule has 0 aliphatic carbocycles. The van der Waals surface area contributed by atoms with E-state index in [-0.39, 0.29) is 10.8 Å². The Morgan fingerprint density at radius 3 is 2.54 bits per heavy atom. The molecule has 1 amide bonds. The van der Waals surface area contributed by atoms with Gasteiger partial charge in [0.2, 0.25) is 10.0 Å². The predicted octanol–water partition coefficient (Wildman–Crippen LogP) is 2.16. The number of nitrogens with one attached hydrogen (secondary N) is 1. The van der Waals surface area contributed by atoms with Crippen LogP contribution in [0.2, 0.25) is 0 Å². The molecule has 138 valence electrons. The van der Waals surface area contributed by atoms with Crippen LogP contribution in [0.5, 0.6) is 0 Å². The van der Waals surface area contributed by atoms with Crippen molar-refractivity contribution in [3.05, 3.63) is 54.1 Å². The Hall–Kier alpha value is -2.22. The maximum absolute atomic E-state index is 12.2. The zero-order chi connectivity index (χ0) is 18.6. The standard InChI is InChI=1S/C19H22N2O4S/c20-26(23,24)18-4-2-1-3-17(18)15-5-7-16(8-6-15)19(22)21-11-9-14-10-12-25-13-14/h1-8,14H,9-13H2,(H,21,22)(H2,20,23,24). The van der Waals surface area contributed by atoms with Crippen LogP contribution >= 0.6 is 0 Å². The molecule has 1 aliphatic rings. The van der Waals surface area contributed by atoms with Crippen LogP contribution in [0.4, 0.5) is 0 Å². The van der Waals surface area contributed by atoms with Gasteiger partial charge in [-0.25, -0.2) is 13.6 Å². The molecule has 0 bridgehead atoms. The Labute approximate surface area is 153 Å². The van der Waals surface area contributed by atoms with Crippen molar-refractivity contribution in [1.29, 1.82) is 0 Å². The largest absolute Gasteiger partial charge is 0.381 e. The molecule has 1 heterocycles. The summed E-state index contributed by atoms with van der Waals surface area (Å²) in [7, 11) is -3.82. The van der Waals surface area contributed by atoms with Gasteiger partial charge in [0.1, 0.15) is 0 Å². The lowest BCUT2D eigenvalue weighted by Gasteiger charge is -2.10. The van der Waals surface area contributed by atoms with Gasteiger partial charge >= 0.3 is 0 Å². The van der Waals surface area contributed by atoms with E-state index in [0.29, 0.717) is 29.2 Å². The number of sulfonamides is 1. The topological polar surface area (TPSA) is 98.5 Å². The molecule has 1 atom stereocenters. The second-order valence-electron chi connectivity index (χ2n) is 6.39. The molecule has 2 aromatic rings. The number of amides is 1. The Kier molecular flexibility index (Phi) is 5.70. The lowest BCUT2D eigenvalue weighted by Crippen LogP contribution is -2.26. The lowest BCUT2D eigenvalue weighted by atomic mass is 10.0. The van der Waals surface area contributed by atoms with E-state index >= 15 is 0 Å². The normalized spacial score (nSPS) is 17.2. The number of benzene rings is 2. The number of hydrogen-bond acceptors (Lipinski definition) is 4. The van der Waals surface area contributed by atoms with Crippen LogP contribution < -0.4 is 10.5 Å². The van der Waals surface area contributed by atoms with Crippen LogP contribution in [0.1, 0.15) is 23.2 Å². The molecule has 1 aliphatic heterocycles. The average molecular weight is 374 g/mol. The van der Waals surface area contributed by atoms with E-state index in [1.807, 2.05) is 0 Å². The van der Waals surface area contributed by atoms with Gasteiger partial charge in [-0.05, 0) is 42.5 Å². The highest BCUT2D eigenvalue weighted by Crippen LogP contribution is 2.26. The molecule has 1 unspecified atom stereocenters. The highest BCUT2D eigenvalue weighted by Gasteiger charge is 2.16. The van der Waals surface area contributed by atoms with Crippen molar-refractivity contribution in [2.45, 2.75) is 17.7 Å². The van der Waals surface area contributed by atoms with E-state index in [9.17, 15) is 13.2 Å². The fourth-order valence-corrected chi connectivity index (χ4v) is 3.82. The summed E-state index contributed by atoms with van der Waals surface area (Å²) >= 11 is 0. The number of rotatable bonds is 6. The van der Waals surface area contributed by atoms with E-state index in [4.69, 9.17) is 9.88 Å². The summed E-state index contributed by atoms with van der Waals surface area (Å²) in [6.45, 7) is 2.19. The summed E-state index contributed by atoms with van der Waals surface area (Å²) in [5.41, 5.74) is 1.74. The predicted molar refractivity (Wildman–Crippen MR) is 99.1 cm³/mol. The van der Waals surface area contributed by atoms with Crippen LogP contribution in [-0.2, 0) is 14.8 Å². The summed E-state index contributed by atoms with van der Waals surface area (Å²) in [4.78, 5) is 12.3. The molecule has 0 spiro atoms. The van der Waals surface area contributed by atoms with Gasteiger partial charge in [0.05, 0.1) is 4.90 Å². The molecule has 0 saturated carbocycles. The minimum Gasteiger partial charge on any atom is -0.381 e. The highest BCUT2D eigenvalue weighted by molar-refractivity contribution is 7.89. The summed E-state index contributed by atoms with van der Waals surface area (Å²) in [6.07, 6.45) is 1.96. The van der Waals surface area contributed by atoms with Gasteiger partial charge in [-0.2, -0.15) is 0 Å². The number of hydrogen-bond donors (Lipinski definition) is 2. The molecule has 1 fully saturated rings. The summed E-state index contributed by atoms with van der Waals surface area (Å²) in [5.74, 6) is 0.377. The number of nitrogens with two attached hydrogens (primary N) is 1. The molecule has 0 aromatic heterocycles. The fourth-order valence-electron chi connectivity index (χ4n) is 3.06. The molecule has 26 heavy (non-hydrogen) atoms. The zero-order valence-electron chi connectivity index (χ0n) is 14.4. The maximum Gasteiger partial charge on any atom is 0.251 e. The second kappa shape index (κ2) is 7.99. The Balaban J connectivity index is 1.68. The first-order valence-electron chi connectivity index (χ1n) is 8.53. The first kappa shape index (κ1) is 18.6. The average Bonchev–Trinajstić information content (AvgIpc) is 3.14. The molecular formula is C19H22N2O4S. The Morgan fingerprint density at radius 2 is 1.88 bits per heavy atom. The van der Waals surface area contributed by atoms with Crippen LogP contribution in [-0.4, -0.2) is 34.1 Å². The van der Waals surface area contributed by atoms with E-state index in [1.165, 1.54) is 6.07 Å². The number of carbonyl (C=O) groups is 1. The first-order chi connectivity index (χ1) is 12.4. The van der Waals surface area contributed by atoms with Crippen molar-refractivity contribution >= 4 is 15.9 Å². The smallest absolute Gasteiger partial charge is 0.251 e. The van der Waals surface area contributed by atoms with Crippen molar-refractivity contribution in [3.63, 3.8) is 0 Å². The number of primary sulfonamides is 1. The first-order valence-corrected chi connectivity index (χ1v) is 10.1. The van der Waals surface area contributed by atoms with Crippen LogP contribution in [0.15, 0.2) is 53.4 Å². The quantitative estimate of drug-likeness (QED) is 0.809. The van der Waals surface area contributed by atoms with Gasteiger partial charge in [0.15, 0.2) is 0 Å². The molecule has 1 saturated heterocycles. The molecule has 0 radical (unpaired) electrons. The molecule has 6 nitrogen and oxygen atoms in total. The van der Waals surface area contributed by atoms with E-state index in [0.717, 1.165) is 26.1 Å². The third kappa shape index (κ3) is 4.49. The van der Waals surface area contributed by atoms with Gasteiger partial charge in [0.25, 0.3) is 5.91 Å². The van der Waals surface area contributed by atoms with Gasteiger partial charge in [-0.15, -0.1) is 0 Å². The van der Waals surface area contributed by atoms with Gasteiger partial charge in [-0.3, -0.25) is 4.79 Å². The SMILES string of the molecule is NS(=O)(=O)c1ccccc1-c1ccc(C(=O)NCCC2CCOC2)cc1. The summed E-state index contributed by atoms with van der Waals surface area (Å²) in [5, 5.41) is 8.19. The fraction of sp³-hybridized carbons (Fsp3) is 0.316. The molecule has 2 aromatic carbocycles. The molecule has 3 rings (SSSR count). The Morgan fingerprint density at radius 1 is 1.15 bits per heavy atom. The minimum atomic E-state index is -3.82. The minimum absolute atomic E-state index is 0.0657. The van der Waals surface area contributed by atoms with Gasteiger partial charge < -0.3 is 10.1 Å². The van der Waals surface area contributed by atoms with Crippen molar-refractivity contribution in [2.24, 2.45) is 11.1 Å². The molecular weight excluding hydrogens is 352 g/mol. The lowest BCUT2D eigenvalue weighted by molar-refractivity contribution is 0.0950. The zero-order valence-corrected chi connectivity index (χ0v) is 15.2. The third-order valence-corrected chi connectivity index (χ3v) is 5.48. The van der Waals surface area contributed by atoms with Crippen LogP contribution in [0, 0.1) is 5.92 Å². The summed E-state index contributed by atoms with van der Waals surface area (Å²) in [6, 6.07) is 13.4. The van der Waals surface area contributed by atoms with E-state index < -0.39 is 10.0 Å². The third-order valence-electron chi connectivity index (χ3n) is 4.51. The number of carbonyl (C=O) groups excluding carboxylic acids is 1. The van der Waals surface area contributed by atoms with Crippen molar-refractivity contribution in [2.75, 3.05) is 19.8 Å². The molecule has 7 heteroatoms. The number of ether oxygens (including phenoxy) is 1. The van der Waals surface area contributed by atoms with Crippen molar-refractivity contribution in [3.8, 4) is 11.1 Å².